The van der Waals surface area contributed by atoms with Gasteiger partial charge in [-0.05, 0) is 19.4 Å². The Balaban J connectivity index is 1.87. The summed E-state index contributed by atoms with van der Waals surface area (Å²) < 4.78 is 32.6. The number of sulfone groups is 1. The Bertz CT molecular complexity index is 981. The van der Waals surface area contributed by atoms with Crippen molar-refractivity contribution in [1.29, 1.82) is 0 Å². The van der Waals surface area contributed by atoms with Gasteiger partial charge in [-0.25, -0.2) is 13.4 Å². The van der Waals surface area contributed by atoms with E-state index in [4.69, 9.17) is 4.74 Å². The number of nitrogens with zero attached hydrogens (tertiary/aromatic N) is 4. The Morgan fingerprint density at radius 2 is 1.96 bits per heavy atom. The maximum atomic E-state index is 12.9. The van der Waals surface area contributed by atoms with Crippen LogP contribution in [0.15, 0.2) is 40.9 Å². The van der Waals surface area contributed by atoms with Crippen molar-refractivity contribution in [3.63, 3.8) is 0 Å². The molecule has 1 unspecified atom stereocenters. The number of rotatable bonds is 7. The third kappa shape index (κ3) is 4.00. The number of thiazole rings is 1. The molecule has 26 heavy (non-hydrogen) atoms. The molecule has 0 amide bonds. The zero-order chi connectivity index (χ0) is 18.7. The minimum atomic E-state index is -3.67. The van der Waals surface area contributed by atoms with Crippen molar-refractivity contribution < 1.29 is 13.2 Å². The van der Waals surface area contributed by atoms with E-state index in [9.17, 15) is 8.42 Å². The maximum absolute atomic E-state index is 12.9. The van der Waals surface area contributed by atoms with E-state index in [1.807, 2.05) is 37.3 Å². The van der Waals surface area contributed by atoms with Gasteiger partial charge in [-0.15, -0.1) is 21.5 Å². The van der Waals surface area contributed by atoms with Crippen LogP contribution in [0.25, 0.3) is 0 Å². The van der Waals surface area contributed by atoms with Crippen molar-refractivity contribution in [3.8, 4) is 0 Å². The standard InChI is InChI=1S/C17H20N4O3S2/c1-12(24-3)16-18-15(10-25-16)11-26(22,23)17-20-19-13(2)21(17)9-14-7-5-4-6-8-14/h4-8,10,12H,9,11H2,1-3H3. The van der Waals surface area contributed by atoms with Gasteiger partial charge in [-0.1, -0.05) is 30.3 Å². The molecule has 0 saturated carbocycles. The molecule has 0 aliphatic heterocycles. The van der Waals surface area contributed by atoms with Crippen LogP contribution in [0.4, 0.5) is 0 Å². The average Bonchev–Trinajstić information content (AvgIpc) is 3.22. The predicted octanol–water partition coefficient (Wildman–Crippen LogP) is 2.77. The number of aryl methyl sites for hydroxylation is 1. The summed E-state index contributed by atoms with van der Waals surface area (Å²) in [7, 11) is -2.08. The lowest BCUT2D eigenvalue weighted by Gasteiger charge is -2.09. The van der Waals surface area contributed by atoms with Crippen LogP contribution in [0.2, 0.25) is 0 Å². The Labute approximate surface area is 156 Å². The van der Waals surface area contributed by atoms with Gasteiger partial charge < -0.3 is 4.74 Å². The molecule has 0 fully saturated rings. The minimum absolute atomic E-state index is 0.0341. The fourth-order valence-electron chi connectivity index (χ4n) is 2.48. The summed E-state index contributed by atoms with van der Waals surface area (Å²) in [6.07, 6.45) is -0.166. The molecule has 0 saturated heterocycles. The molecule has 0 spiro atoms. The monoisotopic (exact) mass is 392 g/mol. The zero-order valence-electron chi connectivity index (χ0n) is 14.8. The first-order valence-corrected chi connectivity index (χ1v) is 10.6. The number of methoxy groups -OCH3 is 1. The molecule has 9 heteroatoms. The van der Waals surface area contributed by atoms with Crippen LogP contribution in [0, 0.1) is 6.92 Å². The van der Waals surface area contributed by atoms with Gasteiger partial charge in [0.2, 0.25) is 15.0 Å². The van der Waals surface area contributed by atoms with Crippen LogP contribution in [-0.4, -0.2) is 35.3 Å². The third-order valence-corrected chi connectivity index (χ3v) is 6.56. The molecular formula is C17H20N4O3S2. The maximum Gasteiger partial charge on any atom is 0.250 e. The van der Waals surface area contributed by atoms with Crippen molar-refractivity contribution in [1.82, 2.24) is 19.7 Å². The molecule has 0 bridgehead atoms. The first-order valence-electron chi connectivity index (χ1n) is 8.04. The third-order valence-electron chi connectivity index (χ3n) is 3.97. The summed E-state index contributed by atoms with van der Waals surface area (Å²) in [4.78, 5) is 4.37. The zero-order valence-corrected chi connectivity index (χ0v) is 16.4. The van der Waals surface area contributed by atoms with Crippen LogP contribution in [-0.2, 0) is 26.9 Å². The van der Waals surface area contributed by atoms with Gasteiger partial charge in [-0.3, -0.25) is 4.57 Å². The predicted molar refractivity (Wildman–Crippen MR) is 98.7 cm³/mol. The number of benzene rings is 1. The summed E-state index contributed by atoms with van der Waals surface area (Å²) >= 11 is 1.39. The highest BCUT2D eigenvalue weighted by molar-refractivity contribution is 7.90. The molecule has 3 aromatic rings. The van der Waals surface area contributed by atoms with E-state index in [2.05, 4.69) is 15.2 Å². The fourth-order valence-corrected chi connectivity index (χ4v) is 4.80. The number of ether oxygens (including phenoxy) is 1. The fraction of sp³-hybridized carbons (Fsp3) is 0.353. The number of hydrogen-bond acceptors (Lipinski definition) is 7. The van der Waals surface area contributed by atoms with E-state index < -0.39 is 9.84 Å². The van der Waals surface area contributed by atoms with Crippen molar-refractivity contribution in [2.75, 3.05) is 7.11 Å². The van der Waals surface area contributed by atoms with Crippen molar-refractivity contribution in [2.45, 2.75) is 37.4 Å². The lowest BCUT2D eigenvalue weighted by atomic mass is 10.2. The molecule has 1 atom stereocenters. The Morgan fingerprint density at radius 1 is 1.23 bits per heavy atom. The first-order chi connectivity index (χ1) is 12.4. The molecule has 0 radical (unpaired) electrons. The average molecular weight is 393 g/mol. The summed E-state index contributed by atoms with van der Waals surface area (Å²) in [5.74, 6) is 0.340. The second kappa shape index (κ2) is 7.65. The molecule has 0 N–H and O–H groups in total. The van der Waals surface area contributed by atoms with Gasteiger partial charge in [0.15, 0.2) is 0 Å². The van der Waals surface area contributed by atoms with Crippen LogP contribution in [0.1, 0.15) is 35.1 Å². The quantitative estimate of drug-likeness (QED) is 0.614. The molecule has 7 nitrogen and oxygen atoms in total. The molecule has 0 aliphatic rings. The highest BCUT2D eigenvalue weighted by Gasteiger charge is 2.25. The topological polar surface area (TPSA) is 87.0 Å². The highest BCUT2D eigenvalue weighted by atomic mass is 32.2. The molecule has 1 aromatic carbocycles. The van der Waals surface area contributed by atoms with Gasteiger partial charge in [-0.2, -0.15) is 0 Å². The molecule has 3 rings (SSSR count). The molecule has 2 heterocycles. The minimum Gasteiger partial charge on any atom is -0.375 e. The van der Waals surface area contributed by atoms with E-state index in [0.717, 1.165) is 10.6 Å². The van der Waals surface area contributed by atoms with Gasteiger partial charge in [0.25, 0.3) is 0 Å². The van der Waals surface area contributed by atoms with Crippen molar-refractivity contribution in [2.24, 2.45) is 0 Å². The second-order valence-corrected chi connectivity index (χ2v) is 8.69. The number of aromatic nitrogens is 4. The Hall–Kier alpha value is -2.10. The van der Waals surface area contributed by atoms with E-state index in [0.29, 0.717) is 18.1 Å². The number of hydrogen-bond donors (Lipinski definition) is 0. The van der Waals surface area contributed by atoms with Gasteiger partial charge >= 0.3 is 0 Å². The van der Waals surface area contributed by atoms with E-state index in [-0.39, 0.29) is 17.0 Å². The van der Waals surface area contributed by atoms with Crippen LogP contribution in [0.3, 0.4) is 0 Å². The Kier molecular flexibility index (Phi) is 5.49. The lowest BCUT2D eigenvalue weighted by Crippen LogP contribution is -2.15. The smallest absolute Gasteiger partial charge is 0.250 e. The summed E-state index contributed by atoms with van der Waals surface area (Å²) in [6.45, 7) is 4.02. The van der Waals surface area contributed by atoms with Gasteiger partial charge in [0.05, 0.1) is 12.2 Å². The van der Waals surface area contributed by atoms with E-state index in [1.54, 1.807) is 24.0 Å². The normalized spacial score (nSPS) is 13.0. The van der Waals surface area contributed by atoms with E-state index >= 15 is 0 Å². The molecule has 2 aromatic heterocycles. The Morgan fingerprint density at radius 3 is 2.65 bits per heavy atom. The van der Waals surface area contributed by atoms with Crippen LogP contribution >= 0.6 is 11.3 Å². The molecule has 138 valence electrons. The van der Waals surface area contributed by atoms with Gasteiger partial charge in [0, 0.05) is 12.5 Å². The first kappa shape index (κ1) is 18.7. The summed E-state index contributed by atoms with van der Waals surface area (Å²) in [5, 5.41) is 10.3. The SMILES string of the molecule is COC(C)c1nc(CS(=O)(=O)c2nnc(C)n2Cc2ccccc2)cs1. The van der Waals surface area contributed by atoms with Crippen LogP contribution in [0.5, 0.6) is 0 Å². The van der Waals surface area contributed by atoms with E-state index in [1.165, 1.54) is 11.3 Å². The largest absolute Gasteiger partial charge is 0.375 e. The van der Waals surface area contributed by atoms with Crippen molar-refractivity contribution >= 4 is 21.2 Å². The van der Waals surface area contributed by atoms with Crippen molar-refractivity contribution in [3.05, 3.63) is 57.8 Å². The summed E-state index contributed by atoms with van der Waals surface area (Å²) in [6, 6.07) is 9.62. The molecule has 0 aliphatic carbocycles. The lowest BCUT2D eigenvalue weighted by molar-refractivity contribution is 0.119. The second-order valence-electron chi connectivity index (χ2n) is 5.92. The molecular weight excluding hydrogens is 372 g/mol. The summed E-state index contributed by atoms with van der Waals surface area (Å²) in [5.41, 5.74) is 1.47. The van der Waals surface area contributed by atoms with Gasteiger partial charge in [0.1, 0.15) is 22.7 Å². The highest BCUT2D eigenvalue weighted by Crippen LogP contribution is 2.23. The van der Waals surface area contributed by atoms with Crippen LogP contribution < -0.4 is 0 Å².